The highest BCUT2D eigenvalue weighted by atomic mass is 16.5. The molecule has 2 aromatic carbocycles. The van der Waals surface area contributed by atoms with E-state index in [2.05, 4.69) is 10.5 Å². The van der Waals surface area contributed by atoms with Crippen LogP contribution in [0.25, 0.3) is 11.1 Å². The van der Waals surface area contributed by atoms with Gasteiger partial charge in [0.15, 0.2) is 6.61 Å². The van der Waals surface area contributed by atoms with Gasteiger partial charge in [-0.3, -0.25) is 4.79 Å². The average molecular weight is 336 g/mol. The molecule has 1 amide bonds. The third kappa shape index (κ3) is 5.18. The van der Waals surface area contributed by atoms with Crippen LogP contribution in [0.15, 0.2) is 59.7 Å². The standard InChI is InChI=1S/C21H24N2O2/c24-21(23-22-15-17-9-3-1-4-10-17)16-25-20-14-8-7-13-19(20)18-11-5-2-6-12-18/h2,5-8,11-15,17H,1,3-4,9-10,16H2,(H,23,24)/b22-15-. The molecule has 130 valence electrons. The van der Waals surface area contributed by atoms with Crippen LogP contribution in [0.2, 0.25) is 0 Å². The van der Waals surface area contributed by atoms with E-state index in [9.17, 15) is 4.79 Å². The second-order valence-electron chi connectivity index (χ2n) is 6.36. The van der Waals surface area contributed by atoms with E-state index >= 15 is 0 Å². The Morgan fingerprint density at radius 1 is 1.04 bits per heavy atom. The predicted octanol–water partition coefficient (Wildman–Crippen LogP) is 4.41. The van der Waals surface area contributed by atoms with Gasteiger partial charge >= 0.3 is 0 Å². The number of benzene rings is 2. The van der Waals surface area contributed by atoms with Gasteiger partial charge in [-0.15, -0.1) is 0 Å². The van der Waals surface area contributed by atoms with E-state index in [-0.39, 0.29) is 12.5 Å². The minimum Gasteiger partial charge on any atom is -0.483 e. The molecule has 1 fully saturated rings. The van der Waals surface area contributed by atoms with Crippen molar-refractivity contribution < 1.29 is 9.53 Å². The molecule has 1 saturated carbocycles. The molecule has 0 bridgehead atoms. The summed E-state index contributed by atoms with van der Waals surface area (Å²) < 4.78 is 5.71. The van der Waals surface area contributed by atoms with Crippen molar-refractivity contribution in [2.24, 2.45) is 11.0 Å². The van der Waals surface area contributed by atoms with E-state index in [1.54, 1.807) is 0 Å². The fraction of sp³-hybridized carbons (Fsp3) is 0.333. The molecular weight excluding hydrogens is 312 g/mol. The first kappa shape index (κ1) is 17.2. The molecule has 4 nitrogen and oxygen atoms in total. The van der Waals surface area contributed by atoms with Crippen LogP contribution in [0.1, 0.15) is 32.1 Å². The van der Waals surface area contributed by atoms with Gasteiger partial charge < -0.3 is 4.74 Å². The molecule has 0 atom stereocenters. The van der Waals surface area contributed by atoms with Crippen LogP contribution < -0.4 is 10.2 Å². The van der Waals surface area contributed by atoms with Crippen molar-refractivity contribution in [1.82, 2.24) is 5.43 Å². The Balaban J connectivity index is 1.53. The summed E-state index contributed by atoms with van der Waals surface area (Å²) in [5, 5.41) is 4.08. The largest absolute Gasteiger partial charge is 0.483 e. The zero-order chi connectivity index (χ0) is 17.3. The van der Waals surface area contributed by atoms with Gasteiger partial charge in [-0.2, -0.15) is 5.10 Å². The van der Waals surface area contributed by atoms with Gasteiger partial charge in [0.1, 0.15) is 5.75 Å². The first-order valence-corrected chi connectivity index (χ1v) is 8.92. The van der Waals surface area contributed by atoms with E-state index in [1.165, 1.54) is 32.1 Å². The summed E-state index contributed by atoms with van der Waals surface area (Å²) in [5.41, 5.74) is 4.60. The topological polar surface area (TPSA) is 50.7 Å². The Kier molecular flexibility index (Phi) is 6.21. The molecule has 0 aliphatic heterocycles. The molecule has 2 aromatic rings. The molecule has 4 heteroatoms. The van der Waals surface area contributed by atoms with E-state index in [1.807, 2.05) is 60.8 Å². The number of para-hydroxylation sites is 1. The first-order valence-electron chi connectivity index (χ1n) is 8.92. The average Bonchev–Trinajstić information content (AvgIpc) is 2.68. The van der Waals surface area contributed by atoms with Gasteiger partial charge in [0.05, 0.1) is 0 Å². The van der Waals surface area contributed by atoms with E-state index in [0.29, 0.717) is 11.7 Å². The van der Waals surface area contributed by atoms with Crippen LogP contribution in [-0.2, 0) is 4.79 Å². The third-order valence-electron chi connectivity index (χ3n) is 4.46. The first-order chi connectivity index (χ1) is 12.3. The van der Waals surface area contributed by atoms with Gasteiger partial charge in [-0.25, -0.2) is 5.43 Å². The fourth-order valence-corrected chi connectivity index (χ4v) is 3.12. The predicted molar refractivity (Wildman–Crippen MR) is 101 cm³/mol. The summed E-state index contributed by atoms with van der Waals surface area (Å²) >= 11 is 0. The number of hydrogen-bond donors (Lipinski definition) is 1. The molecule has 0 unspecified atom stereocenters. The van der Waals surface area contributed by atoms with Gasteiger partial charge in [-0.1, -0.05) is 67.8 Å². The summed E-state index contributed by atoms with van der Waals surface area (Å²) in [6.07, 6.45) is 8.02. The molecule has 1 aliphatic carbocycles. The van der Waals surface area contributed by atoms with Crippen LogP contribution >= 0.6 is 0 Å². The van der Waals surface area contributed by atoms with E-state index in [4.69, 9.17) is 4.74 Å². The number of hydrogen-bond acceptors (Lipinski definition) is 3. The molecule has 0 aromatic heterocycles. The van der Waals surface area contributed by atoms with Gasteiger partial charge in [-0.05, 0) is 30.4 Å². The lowest BCUT2D eigenvalue weighted by Gasteiger charge is -2.16. The van der Waals surface area contributed by atoms with Crippen molar-refractivity contribution in [3.63, 3.8) is 0 Å². The Hall–Kier alpha value is -2.62. The lowest BCUT2D eigenvalue weighted by molar-refractivity contribution is -0.123. The Labute approximate surface area is 148 Å². The molecule has 1 aliphatic rings. The molecule has 25 heavy (non-hydrogen) atoms. The molecule has 1 N–H and O–H groups in total. The van der Waals surface area contributed by atoms with Gasteiger partial charge in [0, 0.05) is 11.8 Å². The third-order valence-corrected chi connectivity index (χ3v) is 4.46. The van der Waals surface area contributed by atoms with Crippen molar-refractivity contribution in [3.05, 3.63) is 54.6 Å². The number of hydrazone groups is 1. The zero-order valence-corrected chi connectivity index (χ0v) is 14.4. The maximum Gasteiger partial charge on any atom is 0.277 e. The summed E-state index contributed by atoms with van der Waals surface area (Å²) in [4.78, 5) is 12.0. The smallest absolute Gasteiger partial charge is 0.277 e. The number of rotatable bonds is 6. The highest BCUT2D eigenvalue weighted by Gasteiger charge is 2.11. The monoisotopic (exact) mass is 336 g/mol. The van der Waals surface area contributed by atoms with Crippen LogP contribution in [0, 0.1) is 5.92 Å². The zero-order valence-electron chi connectivity index (χ0n) is 14.4. The Morgan fingerprint density at radius 3 is 2.56 bits per heavy atom. The highest BCUT2D eigenvalue weighted by Crippen LogP contribution is 2.29. The van der Waals surface area contributed by atoms with Gasteiger partial charge in [0.25, 0.3) is 5.91 Å². The molecule has 0 spiro atoms. The van der Waals surface area contributed by atoms with Gasteiger partial charge in [0.2, 0.25) is 0 Å². The van der Waals surface area contributed by atoms with E-state index in [0.717, 1.165) is 11.1 Å². The maximum absolute atomic E-state index is 12.0. The quantitative estimate of drug-likeness (QED) is 0.627. The van der Waals surface area contributed by atoms with Crippen LogP contribution in [0.3, 0.4) is 0 Å². The molecular formula is C21H24N2O2. The molecule has 3 rings (SSSR count). The number of carbonyl (C=O) groups excluding carboxylic acids is 1. The van der Waals surface area contributed by atoms with Crippen LogP contribution in [-0.4, -0.2) is 18.7 Å². The Morgan fingerprint density at radius 2 is 1.76 bits per heavy atom. The van der Waals surface area contributed by atoms with Crippen molar-refractivity contribution in [3.8, 4) is 16.9 Å². The molecule has 0 heterocycles. The number of nitrogens with one attached hydrogen (secondary N) is 1. The minimum absolute atomic E-state index is 0.0497. The van der Waals surface area contributed by atoms with Crippen molar-refractivity contribution in [2.75, 3.05) is 6.61 Å². The fourth-order valence-electron chi connectivity index (χ4n) is 3.12. The van der Waals surface area contributed by atoms with Crippen LogP contribution in [0.5, 0.6) is 5.75 Å². The summed E-state index contributed by atoms with van der Waals surface area (Å²) in [6, 6.07) is 17.7. The molecule has 0 radical (unpaired) electrons. The van der Waals surface area contributed by atoms with E-state index < -0.39 is 0 Å². The number of amides is 1. The normalized spacial score (nSPS) is 15.2. The van der Waals surface area contributed by atoms with Crippen LogP contribution in [0.4, 0.5) is 0 Å². The number of nitrogens with zero attached hydrogens (tertiary/aromatic N) is 1. The summed E-state index contributed by atoms with van der Waals surface area (Å²) in [6.45, 7) is -0.0497. The Bertz CT molecular complexity index is 707. The van der Waals surface area contributed by atoms with Crippen molar-refractivity contribution >= 4 is 12.1 Å². The summed E-state index contributed by atoms with van der Waals surface area (Å²) in [7, 11) is 0. The van der Waals surface area contributed by atoms with Crippen molar-refractivity contribution in [2.45, 2.75) is 32.1 Å². The number of ether oxygens (including phenoxy) is 1. The van der Waals surface area contributed by atoms with Crippen molar-refractivity contribution in [1.29, 1.82) is 0 Å². The molecule has 0 saturated heterocycles. The second kappa shape index (κ2) is 9.02. The number of carbonyl (C=O) groups is 1. The minimum atomic E-state index is -0.241. The maximum atomic E-state index is 12.0. The summed E-state index contributed by atoms with van der Waals surface area (Å²) in [5.74, 6) is 0.948. The highest BCUT2D eigenvalue weighted by molar-refractivity contribution is 5.79. The SMILES string of the molecule is O=C(COc1ccccc1-c1ccccc1)N/N=C\C1CCCCC1. The lowest BCUT2D eigenvalue weighted by atomic mass is 9.90. The lowest BCUT2D eigenvalue weighted by Crippen LogP contribution is -2.25. The second-order valence-corrected chi connectivity index (χ2v) is 6.36.